The number of hydrogen-bond acceptors (Lipinski definition) is 3. The highest BCUT2D eigenvalue weighted by Gasteiger charge is 2.31. The van der Waals surface area contributed by atoms with Gasteiger partial charge in [0.2, 0.25) is 10.0 Å². The summed E-state index contributed by atoms with van der Waals surface area (Å²) in [5, 5.41) is 0. The Morgan fingerprint density at radius 1 is 1.20 bits per heavy atom. The lowest BCUT2D eigenvalue weighted by molar-refractivity contribution is 0.0981. The van der Waals surface area contributed by atoms with Crippen molar-refractivity contribution >= 4 is 27.3 Å². The molecule has 1 amide bonds. The highest BCUT2D eigenvalue weighted by molar-refractivity contribution is 7.92. The van der Waals surface area contributed by atoms with Gasteiger partial charge in [0, 0.05) is 24.3 Å². The summed E-state index contributed by atoms with van der Waals surface area (Å²) in [6.45, 7) is 3.85. The molecule has 0 aromatic heterocycles. The number of fused-ring (bicyclic) bond motifs is 1. The largest absolute Gasteiger partial charge is 0.305 e. The van der Waals surface area contributed by atoms with E-state index in [-0.39, 0.29) is 11.9 Å². The molecule has 2 aromatic rings. The Balaban J connectivity index is 1.95. The number of amides is 1. The van der Waals surface area contributed by atoms with E-state index in [1.54, 1.807) is 18.2 Å². The Morgan fingerprint density at radius 3 is 2.52 bits per heavy atom. The molecule has 0 saturated carbocycles. The van der Waals surface area contributed by atoms with E-state index in [2.05, 4.69) is 6.07 Å². The van der Waals surface area contributed by atoms with Crippen LogP contribution in [0.5, 0.6) is 0 Å². The van der Waals surface area contributed by atoms with Gasteiger partial charge in [-0.15, -0.1) is 0 Å². The predicted molar refractivity (Wildman–Crippen MR) is 101 cm³/mol. The molecule has 3 rings (SSSR count). The normalized spacial score (nSPS) is 16.6. The van der Waals surface area contributed by atoms with Crippen LogP contribution in [-0.2, 0) is 16.4 Å². The van der Waals surface area contributed by atoms with Gasteiger partial charge in [-0.2, -0.15) is 0 Å². The Bertz CT molecular complexity index is 937. The molecule has 6 heteroatoms. The molecule has 2 aromatic carbocycles. The summed E-state index contributed by atoms with van der Waals surface area (Å²) >= 11 is 0. The molecule has 0 radical (unpaired) electrons. The quantitative estimate of drug-likeness (QED) is 0.847. The fourth-order valence-corrected chi connectivity index (χ4v) is 3.90. The summed E-state index contributed by atoms with van der Waals surface area (Å²) in [4.78, 5) is 14.9. The minimum atomic E-state index is -3.34. The van der Waals surface area contributed by atoms with E-state index in [0.717, 1.165) is 23.9 Å². The summed E-state index contributed by atoms with van der Waals surface area (Å²) in [6.07, 6.45) is 2.00. The predicted octanol–water partition coefficient (Wildman–Crippen LogP) is 2.98. The van der Waals surface area contributed by atoms with Crippen molar-refractivity contribution in [3.05, 3.63) is 59.2 Å². The minimum absolute atomic E-state index is 0.0610. The third-order valence-electron chi connectivity index (χ3n) is 4.71. The van der Waals surface area contributed by atoms with Gasteiger partial charge in [0.1, 0.15) is 0 Å². The van der Waals surface area contributed by atoms with Crippen molar-refractivity contribution in [1.82, 2.24) is 0 Å². The van der Waals surface area contributed by atoms with Crippen LogP contribution in [0.25, 0.3) is 0 Å². The molecule has 0 bridgehead atoms. The van der Waals surface area contributed by atoms with Crippen LogP contribution in [0.4, 0.5) is 11.4 Å². The third-order valence-corrected chi connectivity index (χ3v) is 5.90. The molecule has 1 aliphatic heterocycles. The summed E-state index contributed by atoms with van der Waals surface area (Å²) < 4.78 is 24.7. The Labute approximate surface area is 148 Å². The summed E-state index contributed by atoms with van der Waals surface area (Å²) in [7, 11) is -1.83. The van der Waals surface area contributed by atoms with Gasteiger partial charge in [-0.3, -0.25) is 9.10 Å². The number of carbonyl (C=O) groups excluding carboxylic acids is 1. The molecule has 132 valence electrons. The van der Waals surface area contributed by atoms with Crippen molar-refractivity contribution in [1.29, 1.82) is 0 Å². The van der Waals surface area contributed by atoms with Gasteiger partial charge < -0.3 is 4.90 Å². The first kappa shape index (κ1) is 17.5. The molecule has 0 aliphatic carbocycles. The van der Waals surface area contributed by atoms with Crippen LogP contribution in [0.1, 0.15) is 28.4 Å². The molecule has 0 N–H and O–H groups in total. The van der Waals surface area contributed by atoms with Crippen LogP contribution < -0.4 is 9.21 Å². The number of para-hydroxylation sites is 1. The average molecular weight is 358 g/mol. The maximum atomic E-state index is 13.0. The van der Waals surface area contributed by atoms with Crippen molar-refractivity contribution in [3.63, 3.8) is 0 Å². The monoisotopic (exact) mass is 358 g/mol. The number of sulfonamides is 1. The first-order chi connectivity index (χ1) is 11.7. The number of hydrogen-bond donors (Lipinski definition) is 0. The fraction of sp³-hybridized carbons (Fsp3) is 0.316. The maximum Gasteiger partial charge on any atom is 0.258 e. The lowest BCUT2D eigenvalue weighted by atomic mass is 10.1. The molecule has 0 spiro atoms. The summed E-state index contributed by atoms with van der Waals surface area (Å²) in [5.74, 6) is -0.0610. The van der Waals surface area contributed by atoms with E-state index in [9.17, 15) is 13.2 Å². The maximum absolute atomic E-state index is 13.0. The Hall–Kier alpha value is -2.34. The van der Waals surface area contributed by atoms with Crippen molar-refractivity contribution in [3.8, 4) is 0 Å². The van der Waals surface area contributed by atoms with Crippen LogP contribution in [-0.4, -0.2) is 33.7 Å². The van der Waals surface area contributed by atoms with Crippen LogP contribution in [0, 0.1) is 6.92 Å². The topological polar surface area (TPSA) is 57.7 Å². The van der Waals surface area contributed by atoms with Gasteiger partial charge >= 0.3 is 0 Å². The van der Waals surface area contributed by atoms with Gasteiger partial charge in [0.15, 0.2) is 0 Å². The lowest BCUT2D eigenvalue weighted by Gasteiger charge is -2.24. The molecule has 1 aliphatic rings. The van der Waals surface area contributed by atoms with Crippen molar-refractivity contribution in [2.45, 2.75) is 26.3 Å². The highest BCUT2D eigenvalue weighted by Crippen LogP contribution is 2.33. The SMILES string of the molecule is Cc1cc(C(=O)N2c3ccccc3C[C@@H]2C)ccc1N(C)S(C)(=O)=O. The van der Waals surface area contributed by atoms with E-state index in [0.29, 0.717) is 11.3 Å². The first-order valence-electron chi connectivity index (χ1n) is 8.16. The summed E-state index contributed by atoms with van der Waals surface area (Å²) in [6, 6.07) is 13.2. The van der Waals surface area contributed by atoms with E-state index < -0.39 is 10.0 Å². The van der Waals surface area contributed by atoms with Gasteiger partial charge in [-0.25, -0.2) is 8.42 Å². The van der Waals surface area contributed by atoms with E-state index in [4.69, 9.17) is 0 Å². The molecule has 1 atom stereocenters. The molecule has 25 heavy (non-hydrogen) atoms. The smallest absolute Gasteiger partial charge is 0.258 e. The van der Waals surface area contributed by atoms with E-state index in [1.165, 1.54) is 16.9 Å². The van der Waals surface area contributed by atoms with Crippen LogP contribution in [0.2, 0.25) is 0 Å². The van der Waals surface area contributed by atoms with Gasteiger partial charge in [0.05, 0.1) is 11.9 Å². The fourth-order valence-electron chi connectivity index (χ4n) is 3.33. The van der Waals surface area contributed by atoms with E-state index in [1.807, 2.05) is 36.9 Å². The number of rotatable bonds is 3. The van der Waals surface area contributed by atoms with Crippen LogP contribution in [0.3, 0.4) is 0 Å². The molecular weight excluding hydrogens is 336 g/mol. The van der Waals surface area contributed by atoms with Crippen LogP contribution >= 0.6 is 0 Å². The summed E-state index contributed by atoms with van der Waals surface area (Å²) in [5.41, 5.74) is 4.02. The van der Waals surface area contributed by atoms with Crippen molar-refractivity contribution < 1.29 is 13.2 Å². The Kier molecular flexibility index (Phi) is 4.33. The molecule has 0 fully saturated rings. The number of benzene rings is 2. The van der Waals surface area contributed by atoms with Gasteiger partial charge in [-0.1, -0.05) is 18.2 Å². The number of aryl methyl sites for hydroxylation is 1. The number of carbonyl (C=O) groups is 1. The third kappa shape index (κ3) is 3.14. The second-order valence-electron chi connectivity index (χ2n) is 6.59. The highest BCUT2D eigenvalue weighted by atomic mass is 32.2. The second-order valence-corrected chi connectivity index (χ2v) is 8.60. The molecular formula is C19H22N2O3S. The lowest BCUT2D eigenvalue weighted by Crippen LogP contribution is -2.35. The zero-order valence-corrected chi connectivity index (χ0v) is 15.7. The van der Waals surface area contributed by atoms with Crippen molar-refractivity contribution in [2.75, 3.05) is 22.5 Å². The average Bonchev–Trinajstić information content (AvgIpc) is 2.88. The zero-order chi connectivity index (χ0) is 18.4. The first-order valence-corrected chi connectivity index (χ1v) is 10.0. The molecule has 1 heterocycles. The molecule has 0 saturated heterocycles. The number of anilines is 2. The Morgan fingerprint density at radius 2 is 1.88 bits per heavy atom. The number of nitrogens with zero attached hydrogens (tertiary/aromatic N) is 2. The minimum Gasteiger partial charge on any atom is -0.305 e. The molecule has 0 unspecified atom stereocenters. The van der Waals surface area contributed by atoms with Gasteiger partial charge in [0.25, 0.3) is 5.91 Å². The zero-order valence-electron chi connectivity index (χ0n) is 14.9. The molecule has 5 nitrogen and oxygen atoms in total. The van der Waals surface area contributed by atoms with Crippen molar-refractivity contribution in [2.24, 2.45) is 0 Å². The second kappa shape index (κ2) is 6.19. The van der Waals surface area contributed by atoms with Gasteiger partial charge in [-0.05, 0) is 55.7 Å². The van der Waals surface area contributed by atoms with E-state index >= 15 is 0 Å². The van der Waals surface area contributed by atoms with Crippen LogP contribution in [0.15, 0.2) is 42.5 Å². The standard InChI is InChI=1S/C19H22N2O3S/c1-13-11-16(9-10-17(13)20(3)25(4,23)24)19(22)21-14(2)12-15-7-5-6-8-18(15)21/h5-11,14H,12H2,1-4H3/t14-/m0/s1.